The van der Waals surface area contributed by atoms with Crippen LogP contribution in [0.4, 0.5) is 0 Å². The molecule has 72 valence electrons. The van der Waals surface area contributed by atoms with Crippen molar-refractivity contribution in [1.82, 2.24) is 4.90 Å². The van der Waals surface area contributed by atoms with Crippen molar-refractivity contribution in [2.45, 2.75) is 44.4 Å². The Labute approximate surface area is 80.9 Å². The van der Waals surface area contributed by atoms with Gasteiger partial charge in [-0.1, -0.05) is 20.8 Å². The molecule has 0 aromatic heterocycles. The van der Waals surface area contributed by atoms with Gasteiger partial charge < -0.3 is 4.90 Å². The lowest BCUT2D eigenvalue weighted by atomic mass is 10.2. The fraction of sp³-hybridized carbons (Fsp3) is 1.00. The zero-order valence-electron chi connectivity index (χ0n) is 8.76. The van der Waals surface area contributed by atoms with E-state index in [2.05, 4.69) is 44.5 Å². The SMILES string of the molecule is CN1CCCC1CSC(C)(C)C. The first kappa shape index (κ1) is 10.4. The van der Waals surface area contributed by atoms with Gasteiger partial charge in [0, 0.05) is 16.5 Å². The molecule has 1 nitrogen and oxygen atoms in total. The molecule has 1 unspecified atom stereocenters. The first-order valence-electron chi connectivity index (χ1n) is 4.83. The van der Waals surface area contributed by atoms with Crippen LogP contribution in [-0.2, 0) is 0 Å². The minimum absolute atomic E-state index is 0.434. The Hall–Kier alpha value is 0.310. The van der Waals surface area contributed by atoms with Crippen molar-refractivity contribution in [1.29, 1.82) is 0 Å². The minimum atomic E-state index is 0.434. The summed E-state index contributed by atoms with van der Waals surface area (Å²) in [6, 6.07) is 0.842. The van der Waals surface area contributed by atoms with Crippen molar-refractivity contribution in [3.63, 3.8) is 0 Å². The van der Waals surface area contributed by atoms with Crippen LogP contribution in [0.1, 0.15) is 33.6 Å². The van der Waals surface area contributed by atoms with Gasteiger partial charge in [-0.05, 0) is 26.4 Å². The van der Waals surface area contributed by atoms with Gasteiger partial charge >= 0.3 is 0 Å². The van der Waals surface area contributed by atoms with Gasteiger partial charge in [0.15, 0.2) is 0 Å². The zero-order valence-corrected chi connectivity index (χ0v) is 9.58. The minimum Gasteiger partial charge on any atom is -0.303 e. The van der Waals surface area contributed by atoms with Gasteiger partial charge in [0.1, 0.15) is 0 Å². The van der Waals surface area contributed by atoms with E-state index in [1.54, 1.807) is 0 Å². The van der Waals surface area contributed by atoms with Crippen molar-refractivity contribution in [2.75, 3.05) is 19.3 Å². The van der Waals surface area contributed by atoms with Crippen LogP contribution in [0.15, 0.2) is 0 Å². The molecule has 0 N–H and O–H groups in total. The van der Waals surface area contributed by atoms with Crippen LogP contribution in [0.3, 0.4) is 0 Å². The molecule has 0 saturated carbocycles. The molecule has 1 fully saturated rings. The lowest BCUT2D eigenvalue weighted by Crippen LogP contribution is -2.28. The predicted octanol–water partition coefficient (Wildman–Crippen LogP) is 2.61. The summed E-state index contributed by atoms with van der Waals surface area (Å²) in [6.45, 7) is 8.20. The second-order valence-corrected chi connectivity index (χ2v) is 6.55. The van der Waals surface area contributed by atoms with Crippen molar-refractivity contribution < 1.29 is 0 Å². The van der Waals surface area contributed by atoms with Crippen LogP contribution >= 0.6 is 11.8 Å². The van der Waals surface area contributed by atoms with E-state index in [0.29, 0.717) is 4.75 Å². The topological polar surface area (TPSA) is 3.24 Å². The fourth-order valence-electron chi connectivity index (χ4n) is 1.54. The summed E-state index contributed by atoms with van der Waals surface area (Å²) in [4.78, 5) is 2.50. The summed E-state index contributed by atoms with van der Waals surface area (Å²) in [5, 5.41) is 0. The monoisotopic (exact) mass is 187 g/mol. The highest BCUT2D eigenvalue weighted by Gasteiger charge is 2.22. The van der Waals surface area contributed by atoms with Crippen LogP contribution in [0.2, 0.25) is 0 Å². The molecule has 12 heavy (non-hydrogen) atoms. The molecule has 1 heterocycles. The highest BCUT2D eigenvalue weighted by Crippen LogP contribution is 2.27. The third-order valence-electron chi connectivity index (χ3n) is 2.38. The molecule has 0 radical (unpaired) electrons. The summed E-state index contributed by atoms with van der Waals surface area (Å²) in [5.74, 6) is 1.31. The highest BCUT2D eigenvalue weighted by atomic mass is 32.2. The predicted molar refractivity (Wildman–Crippen MR) is 57.9 cm³/mol. The van der Waals surface area contributed by atoms with Crippen molar-refractivity contribution in [3.05, 3.63) is 0 Å². The van der Waals surface area contributed by atoms with E-state index in [-0.39, 0.29) is 0 Å². The van der Waals surface area contributed by atoms with E-state index in [1.165, 1.54) is 25.1 Å². The molecule has 1 rings (SSSR count). The van der Waals surface area contributed by atoms with Crippen molar-refractivity contribution in [2.24, 2.45) is 0 Å². The van der Waals surface area contributed by atoms with Crippen LogP contribution < -0.4 is 0 Å². The van der Waals surface area contributed by atoms with E-state index >= 15 is 0 Å². The number of rotatable bonds is 2. The maximum absolute atomic E-state index is 2.50. The molecule has 1 saturated heterocycles. The maximum Gasteiger partial charge on any atom is 0.0184 e. The van der Waals surface area contributed by atoms with Gasteiger partial charge in [-0.15, -0.1) is 0 Å². The van der Waals surface area contributed by atoms with Crippen LogP contribution in [-0.4, -0.2) is 35.0 Å². The normalized spacial score (nSPS) is 26.5. The van der Waals surface area contributed by atoms with Crippen molar-refractivity contribution >= 4 is 11.8 Å². The molecule has 0 aromatic rings. The molecule has 0 amide bonds. The molecule has 0 aromatic carbocycles. The van der Waals surface area contributed by atoms with Crippen LogP contribution in [0.25, 0.3) is 0 Å². The van der Waals surface area contributed by atoms with E-state index in [4.69, 9.17) is 0 Å². The van der Waals surface area contributed by atoms with E-state index in [9.17, 15) is 0 Å². The third kappa shape index (κ3) is 3.36. The van der Waals surface area contributed by atoms with E-state index < -0.39 is 0 Å². The Balaban J connectivity index is 2.23. The molecular formula is C10H21NS. The maximum atomic E-state index is 2.50. The summed E-state index contributed by atoms with van der Waals surface area (Å²) >= 11 is 2.09. The van der Waals surface area contributed by atoms with Gasteiger partial charge in [-0.3, -0.25) is 0 Å². The molecule has 0 spiro atoms. The summed E-state index contributed by atoms with van der Waals surface area (Å²) in [5.41, 5.74) is 0. The quantitative estimate of drug-likeness (QED) is 0.654. The van der Waals surface area contributed by atoms with E-state index in [0.717, 1.165) is 6.04 Å². The van der Waals surface area contributed by atoms with Gasteiger partial charge in [-0.25, -0.2) is 0 Å². The Morgan fingerprint density at radius 2 is 2.08 bits per heavy atom. The molecule has 1 aliphatic heterocycles. The largest absolute Gasteiger partial charge is 0.303 e. The number of thioether (sulfide) groups is 1. The Morgan fingerprint density at radius 1 is 1.42 bits per heavy atom. The number of hydrogen-bond acceptors (Lipinski definition) is 2. The number of likely N-dealkylation sites (tertiary alicyclic amines) is 1. The second kappa shape index (κ2) is 4.01. The molecular weight excluding hydrogens is 166 g/mol. The van der Waals surface area contributed by atoms with Crippen LogP contribution in [0, 0.1) is 0 Å². The average Bonchev–Trinajstić information content (AvgIpc) is 2.29. The first-order chi connectivity index (χ1) is 5.49. The molecule has 0 aliphatic carbocycles. The van der Waals surface area contributed by atoms with Crippen LogP contribution in [0.5, 0.6) is 0 Å². The van der Waals surface area contributed by atoms with Gasteiger partial charge in [0.25, 0.3) is 0 Å². The Morgan fingerprint density at radius 3 is 2.50 bits per heavy atom. The number of nitrogens with zero attached hydrogens (tertiary/aromatic N) is 1. The van der Waals surface area contributed by atoms with Crippen molar-refractivity contribution in [3.8, 4) is 0 Å². The second-order valence-electron chi connectivity index (χ2n) is 4.70. The third-order valence-corrected chi connectivity index (χ3v) is 3.80. The first-order valence-corrected chi connectivity index (χ1v) is 5.82. The summed E-state index contributed by atoms with van der Waals surface area (Å²) in [6.07, 6.45) is 2.80. The lowest BCUT2D eigenvalue weighted by molar-refractivity contribution is 0.334. The van der Waals surface area contributed by atoms with E-state index in [1.807, 2.05) is 0 Å². The summed E-state index contributed by atoms with van der Waals surface area (Å²) in [7, 11) is 2.25. The van der Waals surface area contributed by atoms with Gasteiger partial charge in [0.2, 0.25) is 0 Å². The molecule has 1 aliphatic rings. The Bertz CT molecular complexity index is 139. The number of hydrogen-bond donors (Lipinski definition) is 0. The smallest absolute Gasteiger partial charge is 0.0184 e. The molecule has 2 heteroatoms. The molecule has 0 bridgehead atoms. The molecule has 1 atom stereocenters. The lowest BCUT2D eigenvalue weighted by Gasteiger charge is -2.24. The Kier molecular flexibility index (Phi) is 3.47. The van der Waals surface area contributed by atoms with Gasteiger partial charge in [0.05, 0.1) is 0 Å². The standard InChI is InChI=1S/C10H21NS/c1-10(2,3)12-8-9-6-5-7-11(9)4/h9H,5-8H2,1-4H3. The van der Waals surface area contributed by atoms with Gasteiger partial charge in [-0.2, -0.15) is 11.8 Å². The highest BCUT2D eigenvalue weighted by molar-refractivity contribution is 8.00. The summed E-state index contributed by atoms with van der Waals surface area (Å²) < 4.78 is 0.434. The average molecular weight is 187 g/mol. The zero-order chi connectivity index (χ0) is 9.19. The fourth-order valence-corrected chi connectivity index (χ4v) is 2.65.